The Labute approximate surface area is 162 Å². The van der Waals surface area contributed by atoms with Gasteiger partial charge in [-0.1, -0.05) is 12.1 Å². The van der Waals surface area contributed by atoms with Crippen molar-refractivity contribution in [1.82, 2.24) is 0 Å². The number of quaternary nitrogens is 1. The largest absolute Gasteiger partial charge is 0.462 e. The molecule has 27 heavy (non-hydrogen) atoms. The van der Waals surface area contributed by atoms with Crippen LogP contribution in [-0.2, 0) is 9.53 Å². The average Bonchev–Trinajstić information content (AvgIpc) is 3.06. The number of benzene rings is 1. The van der Waals surface area contributed by atoms with Gasteiger partial charge in [-0.2, -0.15) is 0 Å². The first-order valence-corrected chi connectivity index (χ1v) is 10.1. The molecule has 0 radical (unpaired) electrons. The van der Waals surface area contributed by atoms with E-state index >= 15 is 0 Å². The number of carbonyl (C=O) groups excluding carboxylic acids is 2. The molecule has 0 atom stereocenters. The molecule has 0 bridgehead atoms. The van der Waals surface area contributed by atoms with Crippen LogP contribution < -0.4 is 10.2 Å². The van der Waals surface area contributed by atoms with E-state index in [1.54, 1.807) is 24.4 Å². The van der Waals surface area contributed by atoms with Gasteiger partial charge in [0.1, 0.15) is 16.4 Å². The van der Waals surface area contributed by atoms with Crippen LogP contribution in [0.1, 0.15) is 36.5 Å². The predicted octanol–water partition coefficient (Wildman–Crippen LogP) is 2.74. The number of hydrogen-bond donors (Lipinski definition) is 2. The average molecular weight is 391 g/mol. The first-order chi connectivity index (χ1) is 13.1. The van der Waals surface area contributed by atoms with Crippen LogP contribution in [0.25, 0.3) is 11.1 Å². The molecule has 1 aromatic heterocycles. The first kappa shape index (κ1) is 19.5. The van der Waals surface area contributed by atoms with Gasteiger partial charge in [-0.05, 0) is 43.9 Å². The Morgan fingerprint density at radius 1 is 1.19 bits per heavy atom. The van der Waals surface area contributed by atoms with E-state index < -0.39 is 5.97 Å². The van der Waals surface area contributed by atoms with Crippen LogP contribution in [0.4, 0.5) is 9.39 Å². The van der Waals surface area contributed by atoms with E-state index in [1.165, 1.54) is 34.8 Å². The van der Waals surface area contributed by atoms with Crippen molar-refractivity contribution >= 4 is 28.2 Å². The van der Waals surface area contributed by atoms with Crippen LogP contribution in [0.15, 0.2) is 29.6 Å². The van der Waals surface area contributed by atoms with E-state index in [-0.39, 0.29) is 18.3 Å². The summed E-state index contributed by atoms with van der Waals surface area (Å²) in [4.78, 5) is 26.3. The van der Waals surface area contributed by atoms with Crippen molar-refractivity contribution in [3.8, 4) is 11.1 Å². The summed E-state index contributed by atoms with van der Waals surface area (Å²) in [7, 11) is 0. The highest BCUT2D eigenvalue weighted by Gasteiger charge is 2.24. The summed E-state index contributed by atoms with van der Waals surface area (Å²) in [5.74, 6) is -0.937. The Kier molecular flexibility index (Phi) is 6.58. The normalized spacial score (nSPS) is 14.7. The lowest BCUT2D eigenvalue weighted by Crippen LogP contribution is -3.13. The van der Waals surface area contributed by atoms with E-state index in [4.69, 9.17) is 4.74 Å². The molecular weight excluding hydrogens is 367 g/mol. The number of thiophene rings is 1. The lowest BCUT2D eigenvalue weighted by molar-refractivity contribution is -0.896. The van der Waals surface area contributed by atoms with Crippen molar-refractivity contribution in [2.45, 2.75) is 26.2 Å². The molecule has 2 N–H and O–H groups in total. The van der Waals surface area contributed by atoms with E-state index in [0.29, 0.717) is 28.2 Å². The van der Waals surface area contributed by atoms with Gasteiger partial charge in [0.15, 0.2) is 6.54 Å². The van der Waals surface area contributed by atoms with Crippen molar-refractivity contribution < 1.29 is 23.6 Å². The van der Waals surface area contributed by atoms with Crippen LogP contribution >= 0.6 is 11.3 Å². The maximum atomic E-state index is 13.2. The molecule has 3 rings (SSSR count). The Bertz CT molecular complexity index is 798. The van der Waals surface area contributed by atoms with Crippen LogP contribution in [0.3, 0.4) is 0 Å². The molecule has 1 aromatic carbocycles. The molecule has 5 nitrogen and oxygen atoms in total. The highest BCUT2D eigenvalue weighted by molar-refractivity contribution is 7.15. The summed E-state index contributed by atoms with van der Waals surface area (Å²) in [5, 5.41) is 5.16. The molecule has 0 aliphatic carbocycles. The minimum absolute atomic E-state index is 0.107. The number of rotatable bonds is 6. The molecule has 2 aromatic rings. The van der Waals surface area contributed by atoms with Gasteiger partial charge in [0, 0.05) is 10.9 Å². The van der Waals surface area contributed by atoms with Crippen LogP contribution in [0, 0.1) is 5.82 Å². The smallest absolute Gasteiger partial charge is 0.341 e. The number of anilines is 1. The van der Waals surface area contributed by atoms with Crippen LogP contribution in [0.5, 0.6) is 0 Å². The van der Waals surface area contributed by atoms with Gasteiger partial charge in [0.2, 0.25) is 0 Å². The van der Waals surface area contributed by atoms with Gasteiger partial charge in [-0.15, -0.1) is 11.3 Å². The molecule has 7 heteroatoms. The maximum absolute atomic E-state index is 13.2. The minimum Gasteiger partial charge on any atom is -0.462 e. The van der Waals surface area contributed by atoms with E-state index in [9.17, 15) is 14.0 Å². The van der Waals surface area contributed by atoms with E-state index in [1.807, 2.05) is 0 Å². The third-order valence-electron chi connectivity index (χ3n) is 4.65. The maximum Gasteiger partial charge on any atom is 0.341 e. The fraction of sp³-hybridized carbons (Fsp3) is 0.400. The number of piperidine rings is 1. The first-order valence-electron chi connectivity index (χ1n) is 9.26. The van der Waals surface area contributed by atoms with Gasteiger partial charge >= 0.3 is 5.97 Å². The zero-order valence-electron chi connectivity index (χ0n) is 15.3. The summed E-state index contributed by atoms with van der Waals surface area (Å²) < 4.78 is 18.4. The molecule has 0 spiro atoms. The third-order valence-corrected chi connectivity index (χ3v) is 5.55. The van der Waals surface area contributed by atoms with Gasteiger partial charge in [-0.3, -0.25) is 4.79 Å². The van der Waals surface area contributed by atoms with Gasteiger partial charge < -0.3 is 15.0 Å². The molecule has 2 heterocycles. The highest BCUT2D eigenvalue weighted by atomic mass is 32.1. The Balaban J connectivity index is 1.82. The predicted molar refractivity (Wildman–Crippen MR) is 104 cm³/mol. The number of nitrogens with one attached hydrogen (secondary N) is 2. The lowest BCUT2D eigenvalue weighted by atomic mass is 10.0. The Morgan fingerprint density at radius 3 is 2.56 bits per heavy atom. The van der Waals surface area contributed by atoms with Crippen molar-refractivity contribution in [2.75, 3.05) is 31.6 Å². The standard InChI is InChI=1S/C20H23FN2O3S/c1-2-26-20(25)18-16(14-6-8-15(21)9-7-14)13-27-19(18)22-17(24)12-23-10-4-3-5-11-23/h6-9,13H,2-5,10-12H2,1H3,(H,22,24)/p+1. The third kappa shape index (κ3) is 4.93. The number of hydrogen-bond acceptors (Lipinski definition) is 4. The van der Waals surface area contributed by atoms with Gasteiger partial charge in [-0.25, -0.2) is 9.18 Å². The zero-order valence-corrected chi connectivity index (χ0v) is 16.2. The number of esters is 1. The molecule has 1 fully saturated rings. The number of ether oxygens (including phenoxy) is 1. The van der Waals surface area contributed by atoms with Crippen molar-refractivity contribution in [3.63, 3.8) is 0 Å². The van der Waals surface area contributed by atoms with Crippen molar-refractivity contribution in [2.24, 2.45) is 0 Å². The van der Waals surface area contributed by atoms with Crippen molar-refractivity contribution in [1.29, 1.82) is 0 Å². The van der Waals surface area contributed by atoms with E-state index in [2.05, 4.69) is 5.32 Å². The zero-order chi connectivity index (χ0) is 19.2. The summed E-state index contributed by atoms with van der Waals surface area (Å²) >= 11 is 1.28. The Hall–Kier alpha value is -2.25. The molecule has 1 saturated heterocycles. The second-order valence-electron chi connectivity index (χ2n) is 6.62. The summed E-state index contributed by atoms with van der Waals surface area (Å²) in [6.07, 6.45) is 3.51. The summed E-state index contributed by atoms with van der Waals surface area (Å²) in [6.45, 7) is 4.38. The molecule has 0 unspecified atom stereocenters. The number of carbonyl (C=O) groups is 2. The van der Waals surface area contributed by atoms with Crippen molar-refractivity contribution in [3.05, 3.63) is 41.0 Å². The second-order valence-corrected chi connectivity index (χ2v) is 7.50. The summed E-state index contributed by atoms with van der Waals surface area (Å²) in [6, 6.07) is 5.92. The molecule has 1 amide bonds. The SMILES string of the molecule is CCOC(=O)c1c(-c2ccc(F)cc2)csc1NC(=O)C[NH+]1CCCCC1. The number of halogens is 1. The monoisotopic (exact) mass is 391 g/mol. The topological polar surface area (TPSA) is 59.8 Å². The molecule has 144 valence electrons. The van der Waals surface area contributed by atoms with Crippen LogP contribution in [-0.4, -0.2) is 38.1 Å². The molecule has 1 aliphatic heterocycles. The van der Waals surface area contributed by atoms with E-state index in [0.717, 1.165) is 25.9 Å². The van der Waals surface area contributed by atoms with Gasteiger partial charge in [0.05, 0.1) is 19.7 Å². The number of likely N-dealkylation sites (tertiary alicyclic amines) is 1. The quantitative estimate of drug-likeness (QED) is 0.745. The number of amides is 1. The lowest BCUT2D eigenvalue weighted by Gasteiger charge is -2.22. The van der Waals surface area contributed by atoms with Gasteiger partial charge in [0.25, 0.3) is 5.91 Å². The molecule has 1 aliphatic rings. The highest BCUT2D eigenvalue weighted by Crippen LogP contribution is 2.36. The summed E-state index contributed by atoms with van der Waals surface area (Å²) in [5.41, 5.74) is 1.67. The molecule has 0 saturated carbocycles. The Morgan fingerprint density at radius 2 is 1.89 bits per heavy atom. The van der Waals surface area contributed by atoms with Crippen LogP contribution in [0.2, 0.25) is 0 Å². The second kappa shape index (κ2) is 9.10. The fourth-order valence-electron chi connectivity index (χ4n) is 3.32. The minimum atomic E-state index is -0.487. The fourth-order valence-corrected chi connectivity index (χ4v) is 4.30. The molecular formula is C20H24FN2O3S+.